The highest BCUT2D eigenvalue weighted by molar-refractivity contribution is 7.86. The van der Waals surface area contributed by atoms with Gasteiger partial charge < -0.3 is 9.64 Å². The van der Waals surface area contributed by atoms with Crippen molar-refractivity contribution in [3.8, 4) is 6.07 Å². The molecular weight excluding hydrogens is 430 g/mol. The summed E-state index contributed by atoms with van der Waals surface area (Å²) in [6, 6.07) is 11.0. The van der Waals surface area contributed by atoms with Crippen molar-refractivity contribution in [2.75, 3.05) is 50.7 Å². The molecule has 3 atom stereocenters. The lowest BCUT2D eigenvalue weighted by atomic mass is 10.2. The van der Waals surface area contributed by atoms with Crippen LogP contribution in [0.5, 0.6) is 0 Å². The quantitative estimate of drug-likeness (QED) is 0.605. The third-order valence-electron chi connectivity index (χ3n) is 6.00. The predicted molar refractivity (Wildman–Crippen MR) is 122 cm³/mol. The van der Waals surface area contributed by atoms with Crippen molar-refractivity contribution in [1.29, 1.82) is 5.26 Å². The number of nitrogens with zero attached hydrogens (tertiary/aromatic N) is 5. The van der Waals surface area contributed by atoms with E-state index in [2.05, 4.69) is 6.07 Å². The second-order valence-electron chi connectivity index (χ2n) is 8.43. The Kier molecular flexibility index (Phi) is 8.25. The number of carbonyl (C=O) groups excluding carboxylic acids is 1. The molecule has 0 spiro atoms. The van der Waals surface area contributed by atoms with E-state index in [1.54, 1.807) is 4.90 Å². The Hall–Kier alpha value is -2.03. The van der Waals surface area contributed by atoms with Crippen LogP contribution in [0.25, 0.3) is 0 Å². The molecule has 32 heavy (non-hydrogen) atoms. The average Bonchev–Trinajstić information content (AvgIpc) is 2.79. The van der Waals surface area contributed by atoms with Crippen LogP contribution < -0.4 is 4.90 Å². The molecule has 2 heterocycles. The van der Waals surface area contributed by atoms with Gasteiger partial charge in [-0.3, -0.25) is 9.69 Å². The van der Waals surface area contributed by atoms with E-state index in [0.29, 0.717) is 45.8 Å². The first-order valence-electron chi connectivity index (χ1n) is 11.1. The van der Waals surface area contributed by atoms with Crippen molar-refractivity contribution < 1.29 is 17.9 Å². The summed E-state index contributed by atoms with van der Waals surface area (Å²) in [7, 11) is -3.56. The Morgan fingerprint density at radius 1 is 1.12 bits per heavy atom. The predicted octanol–water partition coefficient (Wildman–Crippen LogP) is 1.29. The molecule has 0 bridgehead atoms. The van der Waals surface area contributed by atoms with Gasteiger partial charge in [0.1, 0.15) is 0 Å². The largest absolute Gasteiger partial charge is 0.373 e. The van der Waals surface area contributed by atoms with Crippen molar-refractivity contribution >= 4 is 21.8 Å². The zero-order valence-electron chi connectivity index (χ0n) is 19.1. The van der Waals surface area contributed by atoms with Gasteiger partial charge in [0.25, 0.3) is 10.2 Å². The summed E-state index contributed by atoms with van der Waals surface area (Å²) in [5, 5.41) is 9.00. The van der Waals surface area contributed by atoms with E-state index in [9.17, 15) is 13.2 Å². The SMILES string of the molecule is CC1CN(S(=O)(=O)N2CCN(C(C)C(=O)N(CCC#N)c3ccccc3)CC2)CC(C)O1. The molecule has 2 saturated heterocycles. The maximum atomic E-state index is 13.3. The highest BCUT2D eigenvalue weighted by Gasteiger charge is 2.38. The van der Waals surface area contributed by atoms with E-state index in [4.69, 9.17) is 10.00 Å². The first-order valence-corrected chi connectivity index (χ1v) is 12.5. The summed E-state index contributed by atoms with van der Waals surface area (Å²) < 4.78 is 34.9. The molecule has 1 aromatic carbocycles. The van der Waals surface area contributed by atoms with E-state index in [1.807, 2.05) is 56.0 Å². The second-order valence-corrected chi connectivity index (χ2v) is 10.4. The number of rotatable bonds is 7. The average molecular weight is 464 g/mol. The normalized spacial score (nSPS) is 24.6. The molecule has 9 nitrogen and oxygen atoms in total. The van der Waals surface area contributed by atoms with Crippen molar-refractivity contribution in [2.24, 2.45) is 0 Å². The van der Waals surface area contributed by atoms with Gasteiger partial charge in [0.05, 0.1) is 30.7 Å². The number of benzene rings is 1. The first kappa shape index (κ1) is 24.6. The number of morpholine rings is 1. The van der Waals surface area contributed by atoms with Crippen LogP contribution in [0, 0.1) is 11.3 Å². The Balaban J connectivity index is 1.63. The minimum Gasteiger partial charge on any atom is -0.373 e. The lowest BCUT2D eigenvalue weighted by Gasteiger charge is -2.41. The molecule has 2 fully saturated rings. The van der Waals surface area contributed by atoms with Crippen molar-refractivity contribution in [2.45, 2.75) is 45.4 Å². The van der Waals surface area contributed by atoms with E-state index < -0.39 is 16.3 Å². The third kappa shape index (κ3) is 5.66. The molecule has 1 amide bonds. The van der Waals surface area contributed by atoms with E-state index in [-0.39, 0.29) is 24.5 Å². The molecule has 1 aromatic rings. The number of hydrogen-bond acceptors (Lipinski definition) is 6. The maximum absolute atomic E-state index is 13.3. The summed E-state index contributed by atoms with van der Waals surface area (Å²) in [6.45, 7) is 8.27. The molecule has 0 radical (unpaired) electrons. The molecule has 3 rings (SSSR count). The van der Waals surface area contributed by atoms with Crippen LogP contribution in [0.3, 0.4) is 0 Å². The van der Waals surface area contributed by atoms with Gasteiger partial charge in [-0.25, -0.2) is 0 Å². The molecule has 176 valence electrons. The Bertz CT molecular complexity index is 902. The maximum Gasteiger partial charge on any atom is 0.282 e. The smallest absolute Gasteiger partial charge is 0.282 e. The van der Waals surface area contributed by atoms with Crippen molar-refractivity contribution in [1.82, 2.24) is 13.5 Å². The minimum absolute atomic E-state index is 0.0846. The fourth-order valence-corrected chi connectivity index (χ4v) is 6.07. The van der Waals surface area contributed by atoms with Crippen molar-refractivity contribution in [3.05, 3.63) is 30.3 Å². The Morgan fingerprint density at radius 2 is 1.72 bits per heavy atom. The van der Waals surface area contributed by atoms with E-state index in [1.165, 1.54) is 8.61 Å². The van der Waals surface area contributed by atoms with Crippen molar-refractivity contribution in [3.63, 3.8) is 0 Å². The first-order chi connectivity index (χ1) is 15.2. The molecule has 2 aliphatic rings. The number of ether oxygens (including phenoxy) is 1. The minimum atomic E-state index is -3.56. The number of amides is 1. The lowest BCUT2D eigenvalue weighted by Crippen LogP contribution is -2.59. The zero-order valence-corrected chi connectivity index (χ0v) is 19.9. The van der Waals surface area contributed by atoms with Gasteiger partial charge in [0.15, 0.2) is 0 Å². The molecule has 0 saturated carbocycles. The topological polar surface area (TPSA) is 97.2 Å². The fourth-order valence-electron chi connectivity index (χ4n) is 4.32. The number of nitriles is 1. The molecule has 0 N–H and O–H groups in total. The van der Waals surface area contributed by atoms with Crippen LogP contribution in [0.4, 0.5) is 5.69 Å². The van der Waals surface area contributed by atoms with Gasteiger partial charge in [0, 0.05) is 51.5 Å². The van der Waals surface area contributed by atoms with Gasteiger partial charge >= 0.3 is 0 Å². The van der Waals surface area contributed by atoms with E-state index >= 15 is 0 Å². The second kappa shape index (κ2) is 10.7. The summed E-state index contributed by atoms with van der Waals surface area (Å²) in [5.41, 5.74) is 0.761. The standard InChI is InChI=1S/C22H33N5O4S/c1-18-16-26(17-19(2)31-18)32(29,30)25-14-12-24(13-15-25)20(3)22(28)27(11-7-10-23)21-8-5-4-6-9-21/h4-6,8-9,18-20H,7,11-17H2,1-3H3. The van der Waals surface area contributed by atoms with E-state index in [0.717, 1.165) is 5.69 Å². The number of anilines is 1. The van der Waals surface area contributed by atoms with Crippen LogP contribution >= 0.6 is 0 Å². The van der Waals surface area contributed by atoms with Crippen LogP contribution in [0.2, 0.25) is 0 Å². The molecule has 0 aliphatic carbocycles. The summed E-state index contributed by atoms with van der Waals surface area (Å²) >= 11 is 0. The summed E-state index contributed by atoms with van der Waals surface area (Å²) in [6.07, 6.45) is -0.0230. The molecule has 3 unspecified atom stereocenters. The van der Waals surface area contributed by atoms with Crippen LogP contribution in [0.1, 0.15) is 27.2 Å². The number of piperazine rings is 1. The number of para-hydroxylation sites is 1. The Labute approximate surface area is 191 Å². The van der Waals surface area contributed by atoms with Crippen LogP contribution in [0.15, 0.2) is 30.3 Å². The number of hydrogen-bond donors (Lipinski definition) is 0. The highest BCUT2D eigenvalue weighted by Crippen LogP contribution is 2.21. The van der Waals surface area contributed by atoms with Gasteiger partial charge in [0.2, 0.25) is 5.91 Å². The molecule has 10 heteroatoms. The van der Waals surface area contributed by atoms with Gasteiger partial charge in [-0.05, 0) is 32.9 Å². The highest BCUT2D eigenvalue weighted by atomic mass is 32.2. The zero-order chi connectivity index (χ0) is 23.3. The summed E-state index contributed by atoms with van der Waals surface area (Å²) in [4.78, 5) is 16.9. The van der Waals surface area contributed by atoms with Gasteiger partial charge in [-0.15, -0.1) is 0 Å². The number of carbonyl (C=O) groups is 1. The Morgan fingerprint density at radius 3 is 2.28 bits per heavy atom. The van der Waals surface area contributed by atoms with Crippen LogP contribution in [-0.4, -0.2) is 91.9 Å². The summed E-state index contributed by atoms with van der Waals surface area (Å²) in [5.74, 6) is -0.0846. The lowest BCUT2D eigenvalue weighted by molar-refractivity contribution is -0.123. The monoisotopic (exact) mass is 463 g/mol. The molecule has 2 aliphatic heterocycles. The van der Waals surface area contributed by atoms with Gasteiger partial charge in [-0.2, -0.15) is 22.3 Å². The third-order valence-corrected chi connectivity index (χ3v) is 7.97. The molecule has 0 aromatic heterocycles. The van der Waals surface area contributed by atoms with Gasteiger partial charge in [-0.1, -0.05) is 18.2 Å². The molecular formula is C22H33N5O4S. The van der Waals surface area contributed by atoms with Crippen LogP contribution in [-0.2, 0) is 19.7 Å². The fraction of sp³-hybridized carbons (Fsp3) is 0.636.